The topological polar surface area (TPSA) is 105 Å². The molecule has 0 amide bonds. The molecule has 0 spiro atoms. The number of amidine groups is 1. The van der Waals surface area contributed by atoms with Gasteiger partial charge in [0.25, 0.3) is 0 Å². The summed E-state index contributed by atoms with van der Waals surface area (Å²) in [5.74, 6) is 0.628. The van der Waals surface area contributed by atoms with E-state index in [1.807, 2.05) is 53.7 Å². The number of aliphatic imine (C=N–C) groups is 2. The fourth-order valence-corrected chi connectivity index (χ4v) is 3.13. The molecule has 9 heteroatoms. The van der Waals surface area contributed by atoms with E-state index in [0.717, 1.165) is 18.4 Å². The van der Waals surface area contributed by atoms with Gasteiger partial charge < -0.3 is 9.84 Å². The van der Waals surface area contributed by atoms with Gasteiger partial charge in [0.1, 0.15) is 17.6 Å². The predicted octanol–water partition coefficient (Wildman–Crippen LogP) is 4.09. The number of hydrazone groups is 1. The second kappa shape index (κ2) is 20.3. The van der Waals surface area contributed by atoms with Crippen LogP contribution in [0.3, 0.4) is 0 Å². The van der Waals surface area contributed by atoms with Crippen molar-refractivity contribution in [2.45, 2.75) is 73.0 Å². The van der Waals surface area contributed by atoms with Crippen molar-refractivity contribution in [3.8, 4) is 0 Å². The number of aliphatic hydroxyl groups excluding tert-OH is 1. The molecule has 0 bridgehead atoms. The van der Waals surface area contributed by atoms with Crippen LogP contribution in [0, 0.1) is 0 Å². The zero-order valence-electron chi connectivity index (χ0n) is 23.2. The van der Waals surface area contributed by atoms with Crippen LogP contribution < -0.4 is 5.43 Å². The third-order valence-electron chi connectivity index (χ3n) is 4.82. The molecule has 1 aromatic heterocycles. The van der Waals surface area contributed by atoms with E-state index in [0.29, 0.717) is 37.6 Å². The number of ether oxygens (including phenoxy) is 1. The van der Waals surface area contributed by atoms with E-state index in [1.54, 1.807) is 35.4 Å². The Balaban J connectivity index is 0.00000291. The molecule has 1 aliphatic heterocycles. The Morgan fingerprint density at radius 2 is 2.08 bits per heavy atom. The Hall–Kier alpha value is -2.91. The maximum absolute atomic E-state index is 12.3. The van der Waals surface area contributed by atoms with Crippen LogP contribution in [-0.2, 0) is 11.2 Å². The smallest absolute Gasteiger partial charge is 0.203 e. The number of nitrogens with zero attached hydrogens (tertiary/aromatic N) is 6. The van der Waals surface area contributed by atoms with Crippen LogP contribution in [0.1, 0.15) is 66.1 Å². The maximum Gasteiger partial charge on any atom is 0.203 e. The highest BCUT2D eigenvalue weighted by molar-refractivity contribution is 5.98. The van der Waals surface area contributed by atoms with Gasteiger partial charge in [0, 0.05) is 38.6 Å². The van der Waals surface area contributed by atoms with Gasteiger partial charge in [0.2, 0.25) is 5.43 Å². The minimum Gasteiger partial charge on any atom is -0.394 e. The molecular weight excluding hydrogens is 456 g/mol. The van der Waals surface area contributed by atoms with Gasteiger partial charge in [-0.1, -0.05) is 45.9 Å². The zero-order chi connectivity index (χ0) is 27.3. The number of β-amino-alcohol motifs (C(OH)–C–C–N with tert-alkyl or cyclic N) is 1. The molecule has 0 saturated carbocycles. The fourth-order valence-electron chi connectivity index (χ4n) is 3.13. The third-order valence-corrected chi connectivity index (χ3v) is 4.82. The molecule has 2 heterocycles. The lowest BCUT2D eigenvalue weighted by molar-refractivity contribution is 0.125. The van der Waals surface area contributed by atoms with Crippen LogP contribution in [0.5, 0.6) is 0 Å². The Morgan fingerprint density at radius 3 is 2.72 bits per heavy atom. The highest BCUT2D eigenvalue weighted by Crippen LogP contribution is 2.13. The fraction of sp³-hybridized carbons (Fsp3) is 0.593. The quantitative estimate of drug-likeness (QED) is 0.263. The molecule has 0 saturated heterocycles. The summed E-state index contributed by atoms with van der Waals surface area (Å²) in [4.78, 5) is 20.8. The standard InChI is InChI=1S/C23H34N6O3.2C2H6/c1-5-32-19(3)15-25-23(24-4)9-7-6-8-18(2)14-21-22(31)10-11-29(27-21)20-16-26-28(17-20)12-13-30;2*1-2/h7,9-11,15-16,19-20,30H,2,5-6,8,12-14,17H2,1,3-4H3;2*1-2H3/b9-7+,24-23?,25-15?;;. The predicted molar refractivity (Wildman–Crippen MR) is 152 cm³/mol. The first-order valence-corrected chi connectivity index (χ1v) is 12.9. The Kier molecular flexibility index (Phi) is 18.7. The number of rotatable bonds is 12. The van der Waals surface area contributed by atoms with Gasteiger partial charge in [-0.05, 0) is 32.8 Å². The molecule has 36 heavy (non-hydrogen) atoms. The normalized spacial score (nSPS) is 16.1. The van der Waals surface area contributed by atoms with Crippen LogP contribution in [0.4, 0.5) is 0 Å². The average Bonchev–Trinajstić information content (AvgIpc) is 3.36. The summed E-state index contributed by atoms with van der Waals surface area (Å²) in [5, 5.41) is 19.6. The Bertz CT molecular complexity index is 920. The van der Waals surface area contributed by atoms with Gasteiger partial charge in [-0.15, -0.1) is 0 Å². The second-order valence-electron chi connectivity index (χ2n) is 7.46. The van der Waals surface area contributed by atoms with Gasteiger partial charge in [0.05, 0.1) is 32.0 Å². The summed E-state index contributed by atoms with van der Waals surface area (Å²) in [6, 6.07) is 1.47. The van der Waals surface area contributed by atoms with Crippen LogP contribution in [0.25, 0.3) is 0 Å². The number of allylic oxidation sites excluding steroid dienone is 2. The van der Waals surface area contributed by atoms with E-state index in [2.05, 4.69) is 26.8 Å². The molecule has 9 nitrogen and oxygen atoms in total. The second-order valence-corrected chi connectivity index (χ2v) is 7.46. The maximum atomic E-state index is 12.3. The molecule has 0 fully saturated rings. The summed E-state index contributed by atoms with van der Waals surface area (Å²) < 4.78 is 7.17. The van der Waals surface area contributed by atoms with E-state index < -0.39 is 0 Å². The van der Waals surface area contributed by atoms with Crippen molar-refractivity contribution in [1.29, 1.82) is 0 Å². The van der Waals surface area contributed by atoms with Crippen LogP contribution in [-0.4, -0.2) is 77.6 Å². The molecule has 2 rings (SSSR count). The van der Waals surface area contributed by atoms with Crippen molar-refractivity contribution >= 4 is 18.3 Å². The summed E-state index contributed by atoms with van der Waals surface area (Å²) in [5.41, 5.74) is 1.31. The van der Waals surface area contributed by atoms with Crippen LogP contribution in [0.2, 0.25) is 0 Å². The number of aromatic nitrogens is 2. The Morgan fingerprint density at radius 1 is 1.36 bits per heavy atom. The molecule has 2 unspecified atom stereocenters. The lowest BCUT2D eigenvalue weighted by Crippen LogP contribution is -2.26. The molecule has 0 radical (unpaired) electrons. The lowest BCUT2D eigenvalue weighted by Gasteiger charge is -2.16. The number of hydrogen-bond acceptors (Lipinski definition) is 7. The highest BCUT2D eigenvalue weighted by Gasteiger charge is 2.19. The number of aliphatic hydroxyl groups is 1. The van der Waals surface area contributed by atoms with E-state index in [1.165, 1.54) is 6.07 Å². The van der Waals surface area contributed by atoms with E-state index in [9.17, 15) is 4.79 Å². The minimum atomic E-state index is -0.0988. The van der Waals surface area contributed by atoms with E-state index in [-0.39, 0.29) is 24.2 Å². The lowest BCUT2D eigenvalue weighted by atomic mass is 10.1. The molecule has 202 valence electrons. The number of hydrogen-bond donors (Lipinski definition) is 1. The SMILES string of the molecule is C=C(CC/C=C/C(N=CC(C)OCC)=NC)Cc1nn(C2C=NN(CCO)C2)ccc1=O.CC.CC. The monoisotopic (exact) mass is 502 g/mol. The summed E-state index contributed by atoms with van der Waals surface area (Å²) >= 11 is 0. The molecule has 0 aromatic carbocycles. The van der Waals surface area contributed by atoms with Crippen LogP contribution >= 0.6 is 0 Å². The molecule has 1 aliphatic rings. The third kappa shape index (κ3) is 12.7. The van der Waals surface area contributed by atoms with Crippen molar-refractivity contribution in [3.05, 3.63) is 52.5 Å². The molecule has 1 aromatic rings. The van der Waals surface area contributed by atoms with E-state index in [4.69, 9.17) is 9.84 Å². The van der Waals surface area contributed by atoms with Gasteiger partial charge in [0.15, 0.2) is 0 Å². The van der Waals surface area contributed by atoms with Gasteiger partial charge >= 0.3 is 0 Å². The first-order chi connectivity index (χ1) is 17.5. The average molecular weight is 503 g/mol. The van der Waals surface area contributed by atoms with Gasteiger partial charge in [-0.3, -0.25) is 19.5 Å². The first-order valence-electron chi connectivity index (χ1n) is 12.9. The van der Waals surface area contributed by atoms with Gasteiger partial charge in [-0.25, -0.2) is 4.99 Å². The highest BCUT2D eigenvalue weighted by atomic mass is 16.5. The van der Waals surface area contributed by atoms with Crippen molar-refractivity contribution in [2.24, 2.45) is 15.1 Å². The molecule has 0 aliphatic carbocycles. The Labute approximate surface area is 217 Å². The van der Waals surface area contributed by atoms with Crippen molar-refractivity contribution < 1.29 is 9.84 Å². The molecule has 1 N–H and O–H groups in total. The summed E-state index contributed by atoms with van der Waals surface area (Å²) in [6.45, 7) is 17.8. The van der Waals surface area contributed by atoms with Crippen LogP contribution in [0.15, 0.2) is 56.4 Å². The molecule has 2 atom stereocenters. The molecular formula is C27H46N6O3. The van der Waals surface area contributed by atoms with E-state index >= 15 is 0 Å². The zero-order valence-corrected chi connectivity index (χ0v) is 23.2. The minimum absolute atomic E-state index is 0.0471. The largest absolute Gasteiger partial charge is 0.394 e. The summed E-state index contributed by atoms with van der Waals surface area (Å²) in [6.07, 6.45) is 10.9. The van der Waals surface area contributed by atoms with Crippen molar-refractivity contribution in [1.82, 2.24) is 14.8 Å². The van der Waals surface area contributed by atoms with Crippen molar-refractivity contribution in [3.63, 3.8) is 0 Å². The first kappa shape index (κ1) is 33.1. The van der Waals surface area contributed by atoms with Crippen molar-refractivity contribution in [2.75, 3.05) is 33.4 Å². The van der Waals surface area contributed by atoms with Gasteiger partial charge in [-0.2, -0.15) is 10.2 Å². The summed E-state index contributed by atoms with van der Waals surface area (Å²) in [7, 11) is 1.70.